The van der Waals surface area contributed by atoms with Crippen molar-refractivity contribution in [2.24, 2.45) is 5.92 Å². The first-order chi connectivity index (χ1) is 12.0. The van der Waals surface area contributed by atoms with Gasteiger partial charge < -0.3 is 10.1 Å². The van der Waals surface area contributed by atoms with Crippen LogP contribution in [0.3, 0.4) is 0 Å². The first-order valence-corrected chi connectivity index (χ1v) is 8.51. The fourth-order valence-corrected chi connectivity index (χ4v) is 3.54. The number of para-hydroxylation sites is 1. The summed E-state index contributed by atoms with van der Waals surface area (Å²) < 4.78 is 5.74. The third-order valence-electron chi connectivity index (χ3n) is 5.07. The van der Waals surface area contributed by atoms with Crippen LogP contribution in [-0.2, 0) is 4.79 Å². The molecule has 2 heterocycles. The molecule has 7 nitrogen and oxygen atoms in total. The van der Waals surface area contributed by atoms with Crippen LogP contribution in [0.2, 0.25) is 0 Å². The second-order valence-electron chi connectivity index (χ2n) is 6.71. The highest BCUT2D eigenvalue weighted by Gasteiger charge is 2.48. The second-order valence-corrected chi connectivity index (χ2v) is 6.71. The van der Waals surface area contributed by atoms with Gasteiger partial charge in [-0.3, -0.25) is 15.0 Å². The maximum atomic E-state index is 12.1. The van der Waals surface area contributed by atoms with E-state index in [9.17, 15) is 9.59 Å². The minimum absolute atomic E-state index is 0.0686. The van der Waals surface area contributed by atoms with Gasteiger partial charge in [0.05, 0.1) is 5.56 Å². The number of ether oxygens (including phenoxy) is 1. The Labute approximate surface area is 146 Å². The smallest absolute Gasteiger partial charge is 0.322 e. The van der Waals surface area contributed by atoms with E-state index >= 15 is 0 Å². The molecule has 3 rings (SSSR count). The number of rotatable bonds is 5. The van der Waals surface area contributed by atoms with E-state index in [1.165, 1.54) is 0 Å². The van der Waals surface area contributed by atoms with Crippen molar-refractivity contribution in [3.63, 3.8) is 0 Å². The van der Waals surface area contributed by atoms with E-state index in [4.69, 9.17) is 10.00 Å². The molecule has 1 aromatic rings. The molecule has 0 unspecified atom stereocenters. The molecule has 3 amide bonds. The lowest BCUT2D eigenvalue weighted by Gasteiger charge is -2.39. The van der Waals surface area contributed by atoms with E-state index in [-0.39, 0.29) is 11.8 Å². The van der Waals surface area contributed by atoms with Gasteiger partial charge in [-0.2, -0.15) is 5.26 Å². The lowest BCUT2D eigenvalue weighted by molar-refractivity contribution is -0.126. The summed E-state index contributed by atoms with van der Waals surface area (Å²) in [5, 5.41) is 14.2. The number of likely N-dealkylation sites (tertiary alicyclic amines) is 1. The zero-order valence-electron chi connectivity index (χ0n) is 14.2. The molecule has 2 atom stereocenters. The Bertz CT molecular complexity index is 715. The summed E-state index contributed by atoms with van der Waals surface area (Å²) in [6.45, 7) is 4.64. The zero-order chi connectivity index (χ0) is 17.9. The topological polar surface area (TPSA) is 94.5 Å². The third kappa shape index (κ3) is 3.59. The van der Waals surface area contributed by atoms with Crippen LogP contribution in [-0.4, -0.2) is 48.6 Å². The average Bonchev–Trinajstić information content (AvgIpc) is 2.89. The molecular weight excluding hydrogens is 320 g/mol. The highest BCUT2D eigenvalue weighted by molar-refractivity contribution is 6.06. The number of carbonyl (C=O) groups is 2. The predicted octanol–water partition coefficient (Wildman–Crippen LogP) is 1.25. The van der Waals surface area contributed by atoms with Gasteiger partial charge in [0.2, 0.25) is 0 Å². The number of piperidine rings is 1. The Hall–Kier alpha value is -2.59. The van der Waals surface area contributed by atoms with Gasteiger partial charge in [-0.1, -0.05) is 12.1 Å². The maximum absolute atomic E-state index is 12.1. The lowest BCUT2D eigenvalue weighted by Crippen LogP contribution is -2.56. The maximum Gasteiger partial charge on any atom is 0.322 e. The van der Waals surface area contributed by atoms with Gasteiger partial charge >= 0.3 is 6.03 Å². The first-order valence-electron chi connectivity index (χ1n) is 8.51. The number of imide groups is 1. The van der Waals surface area contributed by atoms with E-state index in [1.807, 2.05) is 12.1 Å². The molecule has 25 heavy (non-hydrogen) atoms. The SMILES string of the molecule is C[C@@]1([C@H]2CCCN(CCOc3ccccc3C#N)C2)NC(=O)NC1=O. The zero-order valence-corrected chi connectivity index (χ0v) is 14.2. The van der Waals surface area contributed by atoms with E-state index in [0.717, 1.165) is 25.9 Å². The van der Waals surface area contributed by atoms with Crippen LogP contribution in [0.4, 0.5) is 4.79 Å². The van der Waals surface area contributed by atoms with Gasteiger partial charge in [0.15, 0.2) is 0 Å². The molecule has 2 N–H and O–H groups in total. The van der Waals surface area contributed by atoms with E-state index in [1.54, 1.807) is 19.1 Å². The molecule has 0 saturated carbocycles. The van der Waals surface area contributed by atoms with Crippen molar-refractivity contribution >= 4 is 11.9 Å². The summed E-state index contributed by atoms with van der Waals surface area (Å²) in [4.78, 5) is 25.8. The predicted molar refractivity (Wildman–Crippen MR) is 90.9 cm³/mol. The minimum Gasteiger partial charge on any atom is -0.491 e. The van der Waals surface area contributed by atoms with Gasteiger partial charge in [0, 0.05) is 19.0 Å². The molecule has 0 bridgehead atoms. The van der Waals surface area contributed by atoms with Crippen molar-refractivity contribution in [1.82, 2.24) is 15.5 Å². The van der Waals surface area contributed by atoms with Crippen molar-refractivity contribution in [2.75, 3.05) is 26.2 Å². The first kappa shape index (κ1) is 17.2. The van der Waals surface area contributed by atoms with E-state index in [2.05, 4.69) is 21.6 Å². The number of carbonyl (C=O) groups excluding carboxylic acids is 2. The van der Waals surface area contributed by atoms with E-state index in [0.29, 0.717) is 24.5 Å². The number of nitriles is 1. The Kier molecular flexibility index (Phi) is 4.91. The number of amides is 3. The summed E-state index contributed by atoms with van der Waals surface area (Å²) in [7, 11) is 0. The third-order valence-corrected chi connectivity index (χ3v) is 5.07. The van der Waals surface area contributed by atoms with Gasteiger partial charge in [-0.05, 0) is 38.4 Å². The molecule has 0 spiro atoms. The Morgan fingerprint density at radius 1 is 1.40 bits per heavy atom. The fraction of sp³-hybridized carbons (Fsp3) is 0.500. The summed E-state index contributed by atoms with van der Waals surface area (Å²) in [6.07, 6.45) is 1.87. The van der Waals surface area contributed by atoms with Crippen LogP contribution >= 0.6 is 0 Å². The van der Waals surface area contributed by atoms with Crippen molar-refractivity contribution in [3.05, 3.63) is 29.8 Å². The summed E-state index contributed by atoms with van der Waals surface area (Å²) in [5.41, 5.74) is -0.318. The standard InChI is InChI=1S/C18H22N4O3/c1-18(16(23)20-17(24)21-18)14-6-4-8-22(12-14)9-10-25-15-7-3-2-5-13(15)11-19/h2-3,5,7,14H,4,6,8-10,12H2,1H3,(H2,20,21,23,24)/t14-,18-/m0/s1. The molecule has 2 saturated heterocycles. The largest absolute Gasteiger partial charge is 0.491 e. The molecule has 2 aliphatic heterocycles. The minimum atomic E-state index is -0.843. The molecule has 2 fully saturated rings. The lowest BCUT2D eigenvalue weighted by atomic mass is 9.80. The van der Waals surface area contributed by atoms with Crippen molar-refractivity contribution in [2.45, 2.75) is 25.3 Å². The molecule has 7 heteroatoms. The van der Waals surface area contributed by atoms with Crippen LogP contribution in [0.5, 0.6) is 5.75 Å². The van der Waals surface area contributed by atoms with Crippen molar-refractivity contribution in [1.29, 1.82) is 5.26 Å². The number of hydrogen-bond acceptors (Lipinski definition) is 5. The van der Waals surface area contributed by atoms with Crippen LogP contribution in [0.15, 0.2) is 24.3 Å². The van der Waals surface area contributed by atoms with Crippen LogP contribution in [0, 0.1) is 17.2 Å². The van der Waals surface area contributed by atoms with Crippen LogP contribution < -0.4 is 15.4 Å². The average molecular weight is 342 g/mol. The number of nitrogens with one attached hydrogen (secondary N) is 2. The van der Waals surface area contributed by atoms with Gasteiger partial charge in [-0.25, -0.2) is 4.79 Å². The Morgan fingerprint density at radius 2 is 2.20 bits per heavy atom. The fourth-order valence-electron chi connectivity index (χ4n) is 3.54. The number of nitrogens with zero attached hydrogens (tertiary/aromatic N) is 2. The van der Waals surface area contributed by atoms with Crippen LogP contribution in [0.1, 0.15) is 25.3 Å². The number of urea groups is 1. The molecule has 0 aromatic heterocycles. The van der Waals surface area contributed by atoms with Gasteiger partial charge in [0.1, 0.15) is 24.0 Å². The molecule has 0 aliphatic carbocycles. The quantitative estimate of drug-likeness (QED) is 0.785. The van der Waals surface area contributed by atoms with Gasteiger partial charge in [0.25, 0.3) is 5.91 Å². The van der Waals surface area contributed by atoms with Crippen molar-refractivity contribution < 1.29 is 14.3 Å². The summed E-state index contributed by atoms with van der Waals surface area (Å²) in [5.74, 6) is 0.413. The summed E-state index contributed by atoms with van der Waals surface area (Å²) >= 11 is 0. The van der Waals surface area contributed by atoms with Crippen molar-refractivity contribution in [3.8, 4) is 11.8 Å². The van der Waals surface area contributed by atoms with Gasteiger partial charge in [-0.15, -0.1) is 0 Å². The van der Waals surface area contributed by atoms with E-state index < -0.39 is 11.6 Å². The summed E-state index contributed by atoms with van der Waals surface area (Å²) in [6, 6.07) is 8.87. The highest BCUT2D eigenvalue weighted by Crippen LogP contribution is 2.29. The highest BCUT2D eigenvalue weighted by atomic mass is 16.5. The molecular formula is C18H22N4O3. The molecule has 2 aliphatic rings. The normalized spacial score (nSPS) is 26.6. The Balaban J connectivity index is 1.55. The van der Waals surface area contributed by atoms with Crippen LogP contribution in [0.25, 0.3) is 0 Å². The monoisotopic (exact) mass is 342 g/mol. The number of hydrogen-bond donors (Lipinski definition) is 2. The second kappa shape index (κ2) is 7.11. The number of benzene rings is 1. The molecule has 132 valence electrons. The Morgan fingerprint density at radius 3 is 2.92 bits per heavy atom. The molecule has 0 radical (unpaired) electrons. The molecule has 1 aromatic carbocycles.